The molecular formula is C21H28ClN3O2S. The van der Waals surface area contributed by atoms with Crippen molar-refractivity contribution in [2.24, 2.45) is 0 Å². The maximum atomic E-state index is 12.4. The van der Waals surface area contributed by atoms with Crippen LogP contribution in [-0.4, -0.2) is 30.9 Å². The van der Waals surface area contributed by atoms with Gasteiger partial charge in [-0.3, -0.25) is 9.59 Å². The first kappa shape index (κ1) is 22.4. The minimum Gasteiger partial charge on any atom is -0.351 e. The van der Waals surface area contributed by atoms with Gasteiger partial charge in [0.05, 0.1) is 4.88 Å². The number of carbonyl (C=O) groups is 2. The topological polar surface area (TPSA) is 70.2 Å². The van der Waals surface area contributed by atoms with Crippen LogP contribution in [0.3, 0.4) is 0 Å². The first-order valence-corrected chi connectivity index (χ1v) is 10.6. The molecule has 2 amide bonds. The molecule has 5 nitrogen and oxygen atoms in total. The monoisotopic (exact) mass is 421 g/mol. The quantitative estimate of drug-likeness (QED) is 0.456. The highest BCUT2D eigenvalue weighted by Crippen LogP contribution is 2.17. The second-order valence-corrected chi connectivity index (χ2v) is 7.86. The summed E-state index contributed by atoms with van der Waals surface area (Å²) in [4.78, 5) is 25.1. The first-order chi connectivity index (χ1) is 13.2. The summed E-state index contributed by atoms with van der Waals surface area (Å²) in [5.74, 6) is -0.278. The SMILES string of the molecule is Cl.O=C(NCCNC1CCCCCC1)c1cccc(NC(=O)c2cccs2)c1. The highest BCUT2D eigenvalue weighted by Gasteiger charge is 2.12. The lowest BCUT2D eigenvalue weighted by Crippen LogP contribution is -2.36. The summed E-state index contributed by atoms with van der Waals surface area (Å²) in [6, 6.07) is 11.2. The summed E-state index contributed by atoms with van der Waals surface area (Å²) in [6.45, 7) is 1.38. The molecule has 1 saturated carbocycles. The van der Waals surface area contributed by atoms with Gasteiger partial charge in [0.15, 0.2) is 0 Å². The van der Waals surface area contributed by atoms with Crippen molar-refractivity contribution in [3.05, 3.63) is 52.2 Å². The molecule has 0 unspecified atom stereocenters. The Morgan fingerprint density at radius 1 is 0.964 bits per heavy atom. The largest absolute Gasteiger partial charge is 0.351 e. The summed E-state index contributed by atoms with van der Waals surface area (Å²) in [6.07, 6.45) is 7.75. The van der Waals surface area contributed by atoms with Crippen LogP contribution in [0.4, 0.5) is 5.69 Å². The van der Waals surface area contributed by atoms with Crippen molar-refractivity contribution in [2.45, 2.75) is 44.6 Å². The Labute approximate surface area is 176 Å². The summed E-state index contributed by atoms with van der Waals surface area (Å²) >= 11 is 1.39. The third-order valence-corrected chi connectivity index (χ3v) is 5.69. The summed E-state index contributed by atoms with van der Waals surface area (Å²) in [5, 5.41) is 11.2. The van der Waals surface area contributed by atoms with E-state index in [1.54, 1.807) is 30.3 Å². The molecule has 0 saturated heterocycles. The van der Waals surface area contributed by atoms with Crippen LogP contribution in [0.1, 0.15) is 58.6 Å². The molecule has 0 aliphatic heterocycles. The fourth-order valence-corrected chi connectivity index (χ4v) is 4.00. The zero-order chi connectivity index (χ0) is 18.9. The van der Waals surface area contributed by atoms with Gasteiger partial charge < -0.3 is 16.0 Å². The van der Waals surface area contributed by atoms with Crippen molar-refractivity contribution in [3.63, 3.8) is 0 Å². The molecule has 7 heteroatoms. The predicted molar refractivity (Wildman–Crippen MR) is 118 cm³/mol. The Bertz CT molecular complexity index is 744. The third-order valence-electron chi connectivity index (χ3n) is 4.83. The van der Waals surface area contributed by atoms with Crippen LogP contribution in [0.15, 0.2) is 41.8 Å². The zero-order valence-corrected chi connectivity index (χ0v) is 17.5. The Kier molecular flexibility index (Phi) is 9.47. The van der Waals surface area contributed by atoms with Gasteiger partial charge >= 0.3 is 0 Å². The van der Waals surface area contributed by atoms with Gasteiger partial charge in [-0.25, -0.2) is 0 Å². The molecule has 1 aromatic heterocycles. The summed E-state index contributed by atoms with van der Waals surface area (Å²) in [5.41, 5.74) is 1.17. The standard InChI is InChI=1S/C21H27N3O2S.ClH/c25-20(23-13-12-22-17-8-3-1-2-4-9-17)16-7-5-10-18(15-16)24-21(26)19-11-6-14-27-19;/h5-7,10-11,14-15,17,22H,1-4,8-9,12-13H2,(H,23,25)(H,24,26);1H. The van der Waals surface area contributed by atoms with Crippen molar-refractivity contribution in [1.29, 1.82) is 0 Å². The van der Waals surface area contributed by atoms with E-state index in [0.717, 1.165) is 6.54 Å². The molecule has 0 radical (unpaired) electrons. The number of rotatable bonds is 7. The predicted octanol–water partition coefficient (Wildman–Crippen LogP) is 4.46. The number of hydrogen-bond donors (Lipinski definition) is 3. The van der Waals surface area contributed by atoms with Crippen LogP contribution in [0.25, 0.3) is 0 Å². The highest BCUT2D eigenvalue weighted by atomic mass is 35.5. The van der Waals surface area contributed by atoms with E-state index in [1.165, 1.54) is 49.9 Å². The van der Waals surface area contributed by atoms with E-state index in [2.05, 4.69) is 16.0 Å². The van der Waals surface area contributed by atoms with Gasteiger partial charge in [-0.15, -0.1) is 23.7 Å². The average molecular weight is 422 g/mol. The molecule has 0 atom stereocenters. The van der Waals surface area contributed by atoms with Gasteiger partial charge in [0.1, 0.15) is 0 Å². The van der Waals surface area contributed by atoms with Gasteiger partial charge in [-0.1, -0.05) is 37.8 Å². The maximum absolute atomic E-state index is 12.4. The van der Waals surface area contributed by atoms with Crippen LogP contribution in [0, 0.1) is 0 Å². The minimum atomic E-state index is -0.157. The molecule has 0 spiro atoms. The van der Waals surface area contributed by atoms with Crippen LogP contribution < -0.4 is 16.0 Å². The van der Waals surface area contributed by atoms with E-state index >= 15 is 0 Å². The number of thiophene rings is 1. The van der Waals surface area contributed by atoms with Crippen LogP contribution >= 0.6 is 23.7 Å². The van der Waals surface area contributed by atoms with E-state index in [-0.39, 0.29) is 24.2 Å². The molecule has 0 bridgehead atoms. The number of amides is 2. The van der Waals surface area contributed by atoms with Crippen LogP contribution in [0.5, 0.6) is 0 Å². The van der Waals surface area contributed by atoms with Gasteiger partial charge in [0.25, 0.3) is 11.8 Å². The smallest absolute Gasteiger partial charge is 0.265 e. The van der Waals surface area contributed by atoms with E-state index in [1.807, 2.05) is 11.4 Å². The maximum Gasteiger partial charge on any atom is 0.265 e. The van der Waals surface area contributed by atoms with Crippen molar-refractivity contribution in [1.82, 2.24) is 10.6 Å². The van der Waals surface area contributed by atoms with Crippen LogP contribution in [-0.2, 0) is 0 Å². The Morgan fingerprint density at radius 2 is 1.75 bits per heavy atom. The van der Waals surface area contributed by atoms with Crippen LogP contribution in [0.2, 0.25) is 0 Å². The molecule has 28 heavy (non-hydrogen) atoms. The lowest BCUT2D eigenvalue weighted by Gasteiger charge is -2.16. The number of benzene rings is 1. The molecule has 1 aliphatic carbocycles. The van der Waals surface area contributed by atoms with E-state index < -0.39 is 0 Å². The molecule has 152 valence electrons. The molecule has 1 aliphatic rings. The van der Waals surface area contributed by atoms with Gasteiger partial charge in [-0.2, -0.15) is 0 Å². The molecule has 3 N–H and O–H groups in total. The third kappa shape index (κ3) is 6.93. The first-order valence-electron chi connectivity index (χ1n) is 9.69. The van der Waals surface area contributed by atoms with Crippen molar-refractivity contribution in [3.8, 4) is 0 Å². The van der Waals surface area contributed by atoms with E-state index in [4.69, 9.17) is 0 Å². The summed E-state index contributed by atoms with van der Waals surface area (Å²) in [7, 11) is 0. The number of anilines is 1. The molecule has 1 heterocycles. The normalized spacial score (nSPS) is 14.6. The molecular weight excluding hydrogens is 394 g/mol. The highest BCUT2D eigenvalue weighted by molar-refractivity contribution is 7.12. The summed E-state index contributed by atoms with van der Waals surface area (Å²) < 4.78 is 0. The average Bonchev–Trinajstić information content (AvgIpc) is 3.10. The van der Waals surface area contributed by atoms with Crippen molar-refractivity contribution in [2.75, 3.05) is 18.4 Å². The van der Waals surface area contributed by atoms with Gasteiger partial charge in [-0.05, 0) is 42.5 Å². The number of halogens is 1. The number of nitrogens with one attached hydrogen (secondary N) is 3. The van der Waals surface area contributed by atoms with E-state index in [0.29, 0.717) is 28.7 Å². The van der Waals surface area contributed by atoms with E-state index in [9.17, 15) is 9.59 Å². The molecule has 2 aromatic rings. The fourth-order valence-electron chi connectivity index (χ4n) is 3.38. The lowest BCUT2D eigenvalue weighted by atomic mass is 10.1. The molecule has 3 rings (SSSR count). The molecule has 1 aromatic carbocycles. The van der Waals surface area contributed by atoms with Crippen molar-refractivity contribution >= 4 is 41.2 Å². The zero-order valence-electron chi connectivity index (χ0n) is 15.9. The lowest BCUT2D eigenvalue weighted by molar-refractivity contribution is 0.0952. The van der Waals surface area contributed by atoms with Gasteiger partial charge in [0.2, 0.25) is 0 Å². The van der Waals surface area contributed by atoms with Gasteiger partial charge in [0, 0.05) is 30.4 Å². The molecule has 1 fully saturated rings. The Morgan fingerprint density at radius 3 is 2.46 bits per heavy atom. The Hall–Kier alpha value is -1.89. The fraction of sp³-hybridized carbons (Fsp3) is 0.429. The number of hydrogen-bond acceptors (Lipinski definition) is 4. The minimum absolute atomic E-state index is 0. The Balaban J connectivity index is 0.00000280. The second-order valence-electron chi connectivity index (χ2n) is 6.91. The number of carbonyl (C=O) groups excluding carboxylic acids is 2. The second kappa shape index (κ2) is 11.8. The van der Waals surface area contributed by atoms with Crippen molar-refractivity contribution < 1.29 is 9.59 Å².